The van der Waals surface area contributed by atoms with Crippen LogP contribution in [0.1, 0.15) is 5.69 Å². The van der Waals surface area contributed by atoms with E-state index in [1.54, 1.807) is 4.90 Å². The minimum absolute atomic E-state index is 0.0634. The first-order valence-electron chi connectivity index (χ1n) is 8.81. The van der Waals surface area contributed by atoms with Crippen molar-refractivity contribution in [3.63, 3.8) is 0 Å². The summed E-state index contributed by atoms with van der Waals surface area (Å²) >= 11 is 0. The van der Waals surface area contributed by atoms with Crippen molar-refractivity contribution in [1.82, 2.24) is 15.0 Å². The van der Waals surface area contributed by atoms with Gasteiger partial charge in [0, 0.05) is 24.7 Å². The first-order valence-corrected chi connectivity index (χ1v) is 8.81. The molecule has 0 atom stereocenters. The average Bonchev–Trinajstić information content (AvgIpc) is 2.65. The third-order valence-corrected chi connectivity index (χ3v) is 4.62. The van der Waals surface area contributed by atoms with Gasteiger partial charge in [0.05, 0.1) is 32.0 Å². The van der Waals surface area contributed by atoms with E-state index in [0.29, 0.717) is 26.3 Å². The molecule has 12 heteroatoms. The summed E-state index contributed by atoms with van der Waals surface area (Å²) in [6.07, 6.45) is -4.77. The zero-order chi connectivity index (χ0) is 20.8. The molecule has 0 unspecified atom stereocenters. The summed E-state index contributed by atoms with van der Waals surface area (Å²) in [5, 5.41) is 0. The van der Waals surface area contributed by atoms with Gasteiger partial charge in [-0.1, -0.05) is 0 Å². The molecule has 2 N–H and O–H groups in total. The first-order chi connectivity index (χ1) is 13.6. The summed E-state index contributed by atoms with van der Waals surface area (Å²) in [6.45, 7) is 0.566. The Labute approximate surface area is 162 Å². The van der Waals surface area contributed by atoms with Crippen LogP contribution in [0.3, 0.4) is 0 Å². The van der Waals surface area contributed by atoms with Crippen LogP contribution in [0.15, 0.2) is 18.2 Å². The number of nitrogens with zero attached hydrogens (tertiary/aromatic N) is 5. The molecule has 2 aliphatic rings. The molecule has 2 aromatic heterocycles. The standard InChI is InChI=1S/C17H17F5N6O/c18-16(19)8-28(9-16)13-7-11(24-15(26-13)27-3-5-29-6-4-27)10-1-2-12(23)25-14(10)17(20,21)22/h1-2,7H,3-6,8-9H2,(H2,23,25). The summed E-state index contributed by atoms with van der Waals surface area (Å²) in [4.78, 5) is 15.0. The van der Waals surface area contributed by atoms with Gasteiger partial charge >= 0.3 is 6.18 Å². The fourth-order valence-corrected chi connectivity index (χ4v) is 3.20. The summed E-state index contributed by atoms with van der Waals surface area (Å²) in [7, 11) is 0. The maximum atomic E-state index is 13.5. The van der Waals surface area contributed by atoms with Crippen molar-refractivity contribution in [2.45, 2.75) is 12.1 Å². The Morgan fingerprint density at radius 1 is 1.00 bits per heavy atom. The van der Waals surface area contributed by atoms with Crippen LogP contribution >= 0.6 is 0 Å². The molecule has 29 heavy (non-hydrogen) atoms. The average molecular weight is 416 g/mol. The number of pyridine rings is 1. The van der Waals surface area contributed by atoms with Crippen LogP contribution in [0.2, 0.25) is 0 Å². The van der Waals surface area contributed by atoms with Crippen LogP contribution in [-0.4, -0.2) is 60.3 Å². The predicted molar refractivity (Wildman–Crippen MR) is 94.9 cm³/mol. The fourth-order valence-electron chi connectivity index (χ4n) is 3.20. The van der Waals surface area contributed by atoms with E-state index >= 15 is 0 Å². The Hall–Kier alpha value is -2.76. The maximum Gasteiger partial charge on any atom is 0.434 e. The second kappa shape index (κ2) is 6.94. The molecule has 4 rings (SSSR count). The Morgan fingerprint density at radius 3 is 2.31 bits per heavy atom. The zero-order valence-electron chi connectivity index (χ0n) is 15.1. The number of hydrogen-bond donors (Lipinski definition) is 1. The highest BCUT2D eigenvalue weighted by Gasteiger charge is 2.45. The third kappa shape index (κ3) is 4.02. The lowest BCUT2D eigenvalue weighted by molar-refractivity contribution is -0.140. The molecule has 2 aliphatic heterocycles. The van der Waals surface area contributed by atoms with E-state index in [1.807, 2.05) is 0 Å². The van der Waals surface area contributed by atoms with E-state index in [9.17, 15) is 22.0 Å². The third-order valence-electron chi connectivity index (χ3n) is 4.62. The lowest BCUT2D eigenvalue weighted by Crippen LogP contribution is -2.56. The van der Waals surface area contributed by atoms with Crippen LogP contribution < -0.4 is 15.5 Å². The second-order valence-electron chi connectivity index (χ2n) is 6.85. The fraction of sp³-hybridized carbons (Fsp3) is 0.471. The van der Waals surface area contributed by atoms with Crippen LogP contribution in [0.5, 0.6) is 0 Å². The highest BCUT2D eigenvalue weighted by molar-refractivity contribution is 5.69. The number of hydrogen-bond acceptors (Lipinski definition) is 7. The normalized spacial score (nSPS) is 19.2. The molecule has 0 aromatic carbocycles. The predicted octanol–water partition coefficient (Wildman–Crippen LogP) is 2.43. The zero-order valence-corrected chi connectivity index (χ0v) is 15.1. The molecule has 2 aromatic rings. The van der Waals surface area contributed by atoms with Gasteiger partial charge in [0.25, 0.3) is 5.92 Å². The Bertz CT molecular complexity index is 908. The molecule has 0 spiro atoms. The number of nitrogens with two attached hydrogens (primary N) is 1. The van der Waals surface area contributed by atoms with Crippen LogP contribution in [0.25, 0.3) is 11.3 Å². The summed E-state index contributed by atoms with van der Waals surface area (Å²) in [6, 6.07) is 3.67. The number of aromatic nitrogens is 3. The van der Waals surface area contributed by atoms with Gasteiger partial charge in [-0.3, -0.25) is 0 Å². The molecule has 0 aliphatic carbocycles. The lowest BCUT2D eigenvalue weighted by atomic mass is 10.1. The van der Waals surface area contributed by atoms with E-state index in [2.05, 4.69) is 15.0 Å². The molecule has 0 bridgehead atoms. The monoisotopic (exact) mass is 416 g/mol. The Morgan fingerprint density at radius 2 is 1.69 bits per heavy atom. The van der Waals surface area contributed by atoms with Crippen molar-refractivity contribution in [2.75, 3.05) is 54.9 Å². The SMILES string of the molecule is Nc1ccc(-c2cc(N3CC(F)(F)C3)nc(N3CCOCC3)n2)c(C(F)(F)F)n1. The van der Waals surface area contributed by atoms with E-state index in [4.69, 9.17) is 10.5 Å². The molecule has 4 heterocycles. The van der Waals surface area contributed by atoms with Crippen molar-refractivity contribution in [3.8, 4) is 11.3 Å². The van der Waals surface area contributed by atoms with Gasteiger partial charge in [0.15, 0.2) is 5.69 Å². The van der Waals surface area contributed by atoms with Crippen molar-refractivity contribution >= 4 is 17.6 Å². The highest BCUT2D eigenvalue weighted by atomic mass is 19.4. The number of halogens is 5. The molecule has 0 amide bonds. The molecule has 0 saturated carbocycles. The van der Waals surface area contributed by atoms with E-state index in [1.165, 1.54) is 23.1 Å². The lowest BCUT2D eigenvalue weighted by Gasteiger charge is -2.40. The molecule has 2 saturated heterocycles. The van der Waals surface area contributed by atoms with Crippen LogP contribution in [0, 0.1) is 0 Å². The topological polar surface area (TPSA) is 80.4 Å². The van der Waals surface area contributed by atoms with Crippen LogP contribution in [-0.2, 0) is 10.9 Å². The van der Waals surface area contributed by atoms with Gasteiger partial charge in [-0.05, 0) is 12.1 Å². The quantitative estimate of drug-likeness (QED) is 0.770. The molecule has 0 radical (unpaired) electrons. The molecular formula is C17H17F5N6O. The number of alkyl halides is 5. The van der Waals surface area contributed by atoms with Gasteiger partial charge in [0.2, 0.25) is 5.95 Å². The molecule has 2 fully saturated rings. The van der Waals surface area contributed by atoms with Crippen molar-refractivity contribution in [3.05, 3.63) is 23.9 Å². The van der Waals surface area contributed by atoms with Crippen molar-refractivity contribution < 1.29 is 26.7 Å². The number of rotatable bonds is 3. The van der Waals surface area contributed by atoms with Gasteiger partial charge in [-0.15, -0.1) is 0 Å². The molecule has 156 valence electrons. The summed E-state index contributed by atoms with van der Waals surface area (Å²) in [5.41, 5.74) is 3.88. The summed E-state index contributed by atoms with van der Waals surface area (Å²) in [5.74, 6) is -2.86. The number of morpholine rings is 1. The van der Waals surface area contributed by atoms with Crippen molar-refractivity contribution in [2.24, 2.45) is 0 Å². The smallest absolute Gasteiger partial charge is 0.384 e. The Kier molecular flexibility index (Phi) is 4.68. The largest absolute Gasteiger partial charge is 0.434 e. The van der Waals surface area contributed by atoms with E-state index in [0.717, 1.165) is 0 Å². The van der Waals surface area contributed by atoms with Gasteiger partial charge in [-0.25, -0.2) is 18.7 Å². The highest BCUT2D eigenvalue weighted by Crippen LogP contribution is 2.38. The second-order valence-corrected chi connectivity index (χ2v) is 6.85. The van der Waals surface area contributed by atoms with Gasteiger partial charge < -0.3 is 20.3 Å². The van der Waals surface area contributed by atoms with Crippen molar-refractivity contribution in [1.29, 1.82) is 0 Å². The van der Waals surface area contributed by atoms with Gasteiger partial charge in [-0.2, -0.15) is 18.2 Å². The minimum atomic E-state index is -4.77. The number of anilines is 3. The molecular weight excluding hydrogens is 399 g/mol. The van der Waals surface area contributed by atoms with Crippen LogP contribution in [0.4, 0.5) is 39.5 Å². The first kappa shape index (κ1) is 19.6. The Balaban J connectivity index is 1.81. The maximum absolute atomic E-state index is 13.5. The number of ether oxygens (including phenoxy) is 1. The van der Waals surface area contributed by atoms with E-state index in [-0.39, 0.29) is 28.8 Å². The molecule has 7 nitrogen and oxygen atoms in total. The minimum Gasteiger partial charge on any atom is -0.384 e. The van der Waals surface area contributed by atoms with E-state index < -0.39 is 30.9 Å². The summed E-state index contributed by atoms with van der Waals surface area (Å²) < 4.78 is 72.5. The number of nitrogen functional groups attached to an aromatic ring is 1. The van der Waals surface area contributed by atoms with Gasteiger partial charge in [0.1, 0.15) is 11.6 Å².